The molecule has 1 rings (SSSR count). The fourth-order valence-corrected chi connectivity index (χ4v) is 0.991. The molecule has 0 amide bonds. The highest BCUT2D eigenvalue weighted by atomic mass is 32.2. The standard InChI is InChI=1S/C4H3F3NOS/c5-4(6,7)9-3-1-8-2-10-3/h1-3H. The van der Waals surface area contributed by atoms with Crippen LogP contribution in [0.1, 0.15) is 0 Å². The topological polar surface area (TPSA) is 21.6 Å². The highest BCUT2D eigenvalue weighted by Crippen LogP contribution is 2.27. The minimum Gasteiger partial charge on any atom is -0.276 e. The summed E-state index contributed by atoms with van der Waals surface area (Å²) in [6.07, 6.45) is -3.47. The molecule has 1 aliphatic rings. The Morgan fingerprint density at radius 2 is 2.20 bits per heavy atom. The molecule has 0 N–H and O–H groups in total. The van der Waals surface area contributed by atoms with Crippen molar-refractivity contribution < 1.29 is 17.9 Å². The van der Waals surface area contributed by atoms with E-state index in [1.54, 1.807) is 0 Å². The van der Waals surface area contributed by atoms with Gasteiger partial charge in [0.05, 0.1) is 0 Å². The second-order valence-corrected chi connectivity index (χ2v) is 2.42. The summed E-state index contributed by atoms with van der Waals surface area (Å²) in [5, 5.41) is 0. The minimum atomic E-state index is -4.57. The number of ether oxygens (including phenoxy) is 1. The van der Waals surface area contributed by atoms with Gasteiger partial charge in [-0.15, -0.1) is 13.2 Å². The maximum Gasteiger partial charge on any atom is 0.523 e. The number of aliphatic imine (C=N–C) groups is 1. The normalized spacial score (nSPS) is 25.7. The molecule has 1 unspecified atom stereocenters. The molecule has 0 aromatic carbocycles. The summed E-state index contributed by atoms with van der Waals surface area (Å²) in [7, 11) is 0. The van der Waals surface area contributed by atoms with Gasteiger partial charge in [0.15, 0.2) is 0 Å². The highest BCUT2D eigenvalue weighted by molar-refractivity contribution is 8.02. The van der Waals surface area contributed by atoms with Gasteiger partial charge in [-0.25, -0.2) is 0 Å². The Morgan fingerprint density at radius 3 is 2.60 bits per heavy atom. The summed E-state index contributed by atoms with van der Waals surface area (Å²) in [6, 6.07) is 0. The lowest BCUT2D eigenvalue weighted by Crippen LogP contribution is -2.20. The Balaban J connectivity index is 2.31. The van der Waals surface area contributed by atoms with E-state index < -0.39 is 11.8 Å². The Morgan fingerprint density at radius 1 is 1.50 bits per heavy atom. The van der Waals surface area contributed by atoms with Crippen LogP contribution in [0.5, 0.6) is 0 Å². The molecule has 0 spiro atoms. The zero-order valence-electron chi connectivity index (χ0n) is 4.63. The smallest absolute Gasteiger partial charge is 0.276 e. The van der Waals surface area contributed by atoms with Crippen LogP contribution in [0.15, 0.2) is 4.99 Å². The number of rotatable bonds is 1. The summed E-state index contributed by atoms with van der Waals surface area (Å²) in [5.41, 5.74) is -1.00. The zero-order valence-corrected chi connectivity index (χ0v) is 5.45. The van der Waals surface area contributed by atoms with E-state index in [0.29, 0.717) is 0 Å². The molecular weight excluding hydrogens is 167 g/mol. The molecule has 1 heterocycles. The predicted octanol–water partition coefficient (Wildman–Crippen LogP) is 1.79. The molecule has 0 fully saturated rings. The molecule has 6 heteroatoms. The number of hydrogen-bond acceptors (Lipinski definition) is 3. The van der Waals surface area contributed by atoms with Gasteiger partial charge < -0.3 is 0 Å². The Bertz CT molecular complexity index is 146. The van der Waals surface area contributed by atoms with Crippen molar-refractivity contribution >= 4 is 18.0 Å². The van der Waals surface area contributed by atoms with Crippen molar-refractivity contribution in [3.63, 3.8) is 0 Å². The fourth-order valence-electron chi connectivity index (χ4n) is 0.426. The number of hydrogen-bond donors (Lipinski definition) is 0. The van der Waals surface area contributed by atoms with Crippen LogP contribution in [-0.4, -0.2) is 18.0 Å². The molecule has 1 radical (unpaired) electrons. The maximum absolute atomic E-state index is 11.4. The number of nitrogens with zero attached hydrogens (tertiary/aromatic N) is 1. The third-order valence-electron chi connectivity index (χ3n) is 0.713. The monoisotopic (exact) mass is 170 g/mol. The van der Waals surface area contributed by atoms with Gasteiger partial charge in [0.2, 0.25) is 0 Å². The lowest BCUT2D eigenvalue weighted by molar-refractivity contribution is -0.322. The average molecular weight is 170 g/mol. The summed E-state index contributed by atoms with van der Waals surface area (Å²) in [6.45, 7) is 0. The lowest BCUT2D eigenvalue weighted by atomic mass is 10.8. The molecule has 0 saturated heterocycles. The molecule has 1 aliphatic heterocycles. The van der Waals surface area contributed by atoms with Gasteiger partial charge in [-0.1, -0.05) is 11.8 Å². The van der Waals surface area contributed by atoms with Gasteiger partial charge in [-0.3, -0.25) is 9.73 Å². The fraction of sp³-hybridized carbons (Fsp3) is 0.500. The van der Waals surface area contributed by atoms with Crippen LogP contribution in [0.25, 0.3) is 0 Å². The Kier molecular flexibility index (Phi) is 2.20. The van der Waals surface area contributed by atoms with Gasteiger partial charge in [-0.2, -0.15) is 0 Å². The minimum absolute atomic E-state index is 0.880. The first-order valence-corrected chi connectivity index (χ1v) is 3.27. The number of thioether (sulfide) groups is 1. The quantitative estimate of drug-likeness (QED) is 0.598. The predicted molar refractivity (Wildman–Crippen MR) is 31.3 cm³/mol. The van der Waals surface area contributed by atoms with Crippen molar-refractivity contribution in [2.75, 3.05) is 0 Å². The van der Waals surface area contributed by atoms with E-state index in [1.807, 2.05) is 0 Å². The second-order valence-electron chi connectivity index (χ2n) is 1.47. The van der Waals surface area contributed by atoms with E-state index in [-0.39, 0.29) is 0 Å². The van der Waals surface area contributed by atoms with Gasteiger partial charge in [-0.05, 0) is 0 Å². The largest absolute Gasteiger partial charge is 0.523 e. The molecule has 10 heavy (non-hydrogen) atoms. The lowest BCUT2D eigenvalue weighted by Gasteiger charge is -2.09. The van der Waals surface area contributed by atoms with Crippen molar-refractivity contribution in [2.45, 2.75) is 11.8 Å². The third kappa shape index (κ3) is 2.57. The van der Waals surface area contributed by atoms with E-state index in [9.17, 15) is 13.2 Å². The molecule has 2 nitrogen and oxygen atoms in total. The second kappa shape index (κ2) is 2.79. The van der Waals surface area contributed by atoms with Gasteiger partial charge in [0, 0.05) is 6.21 Å². The van der Waals surface area contributed by atoms with Crippen molar-refractivity contribution in [3.05, 3.63) is 5.88 Å². The number of halogens is 3. The first-order valence-electron chi connectivity index (χ1n) is 2.33. The summed E-state index contributed by atoms with van der Waals surface area (Å²) in [5.74, 6) is 1.30. The molecule has 57 valence electrons. The van der Waals surface area contributed by atoms with Crippen LogP contribution in [0.4, 0.5) is 13.2 Å². The number of alkyl halides is 3. The Hall–Kier alpha value is -0.230. The van der Waals surface area contributed by atoms with E-state index in [2.05, 4.69) is 9.73 Å². The van der Waals surface area contributed by atoms with Crippen LogP contribution in [-0.2, 0) is 4.74 Å². The molecule has 0 saturated carbocycles. The van der Waals surface area contributed by atoms with Crippen LogP contribution >= 0.6 is 11.8 Å². The van der Waals surface area contributed by atoms with E-state index in [1.165, 1.54) is 5.88 Å². The zero-order chi connectivity index (χ0) is 7.61. The SMILES string of the molecule is FC(F)(F)OC1C=N[CH]S1. The van der Waals surface area contributed by atoms with E-state index >= 15 is 0 Å². The van der Waals surface area contributed by atoms with Crippen molar-refractivity contribution in [2.24, 2.45) is 4.99 Å². The summed E-state index contributed by atoms with van der Waals surface area (Å²) < 4.78 is 37.8. The van der Waals surface area contributed by atoms with Crippen LogP contribution < -0.4 is 0 Å². The van der Waals surface area contributed by atoms with Crippen LogP contribution in [0.2, 0.25) is 0 Å². The van der Waals surface area contributed by atoms with Gasteiger partial charge >= 0.3 is 6.36 Å². The molecule has 0 aliphatic carbocycles. The molecule has 0 bridgehead atoms. The maximum atomic E-state index is 11.4. The van der Waals surface area contributed by atoms with Crippen molar-refractivity contribution in [1.82, 2.24) is 0 Å². The molecule has 0 aromatic heterocycles. The molecular formula is C4H3F3NOS. The van der Waals surface area contributed by atoms with Gasteiger partial charge in [0.1, 0.15) is 11.3 Å². The third-order valence-corrected chi connectivity index (χ3v) is 1.44. The van der Waals surface area contributed by atoms with E-state index in [4.69, 9.17) is 0 Å². The first-order chi connectivity index (χ1) is 4.58. The average Bonchev–Trinajstić information content (AvgIpc) is 2.12. The van der Waals surface area contributed by atoms with Crippen molar-refractivity contribution in [1.29, 1.82) is 0 Å². The first kappa shape index (κ1) is 7.87. The molecule has 0 aromatic rings. The van der Waals surface area contributed by atoms with Crippen LogP contribution in [0.3, 0.4) is 0 Å². The summed E-state index contributed by atoms with van der Waals surface area (Å²) in [4.78, 5) is 3.44. The van der Waals surface area contributed by atoms with Crippen LogP contribution in [0, 0.1) is 5.88 Å². The molecule has 1 atom stereocenters. The highest BCUT2D eigenvalue weighted by Gasteiger charge is 2.34. The van der Waals surface area contributed by atoms with Gasteiger partial charge in [0.25, 0.3) is 0 Å². The summed E-state index contributed by atoms with van der Waals surface area (Å²) >= 11 is 0.880. The van der Waals surface area contributed by atoms with Crippen molar-refractivity contribution in [3.8, 4) is 0 Å². The Labute approximate surface area is 59.5 Å². The van der Waals surface area contributed by atoms with E-state index in [0.717, 1.165) is 18.0 Å².